The first-order valence-corrected chi connectivity index (χ1v) is 25.2. The van der Waals surface area contributed by atoms with Crippen LogP contribution >= 0.6 is 0 Å². The van der Waals surface area contributed by atoms with Gasteiger partial charge in [0, 0.05) is 27.5 Å². The Labute approximate surface area is 429 Å². The van der Waals surface area contributed by atoms with Crippen LogP contribution in [-0.2, 0) is 5.41 Å². The fourth-order valence-corrected chi connectivity index (χ4v) is 11.4. The predicted octanol–water partition coefficient (Wildman–Crippen LogP) is 17.8. The second kappa shape index (κ2) is 17.8. The Morgan fingerprint density at radius 2 is 0.703 bits per heavy atom. The van der Waals surface area contributed by atoms with Crippen molar-refractivity contribution >= 4 is 21.9 Å². The third-order valence-electron chi connectivity index (χ3n) is 14.9. The Morgan fingerprint density at radius 3 is 1.34 bits per heavy atom. The van der Waals surface area contributed by atoms with E-state index in [-0.39, 0.29) is 0 Å². The normalized spacial score (nSPS) is 12.4. The molecule has 0 bridgehead atoms. The maximum Gasteiger partial charge on any atom is 0.164 e. The maximum atomic E-state index is 6.64. The number of fused-ring (bicyclic) bond motifs is 6. The number of rotatable bonds is 9. The minimum absolute atomic E-state index is 0.479. The van der Waals surface area contributed by atoms with Crippen molar-refractivity contribution in [3.63, 3.8) is 0 Å². The van der Waals surface area contributed by atoms with Crippen LogP contribution in [0.3, 0.4) is 0 Å². The first-order chi connectivity index (χ1) is 36.7. The predicted molar refractivity (Wildman–Crippen MR) is 302 cm³/mol. The van der Waals surface area contributed by atoms with Gasteiger partial charge in [-0.25, -0.2) is 15.0 Å². The number of aromatic nitrogens is 3. The lowest BCUT2D eigenvalue weighted by Gasteiger charge is -2.34. The molecular weight excluding hydrogens is 899 g/mol. The summed E-state index contributed by atoms with van der Waals surface area (Å²) in [5.41, 5.74) is 20.5. The molecule has 0 amide bonds. The van der Waals surface area contributed by atoms with Crippen molar-refractivity contribution in [1.29, 1.82) is 0 Å². The summed E-state index contributed by atoms with van der Waals surface area (Å²) in [5, 5.41) is 1.95. The van der Waals surface area contributed by atoms with Crippen molar-refractivity contribution in [2.24, 2.45) is 0 Å². The van der Waals surface area contributed by atoms with E-state index in [2.05, 4.69) is 249 Å². The lowest BCUT2D eigenvalue weighted by atomic mass is 9.67. The summed E-state index contributed by atoms with van der Waals surface area (Å²) >= 11 is 0. The summed E-state index contributed by atoms with van der Waals surface area (Å²) in [5.74, 6) is 1.77. The molecule has 2 heterocycles. The fraction of sp³-hybridized carbons (Fsp3) is 0.0143. The highest BCUT2D eigenvalue weighted by Crippen LogP contribution is 2.58. The highest BCUT2D eigenvalue weighted by Gasteiger charge is 2.46. The van der Waals surface area contributed by atoms with E-state index in [1.165, 1.54) is 38.9 Å². The zero-order valence-electron chi connectivity index (χ0n) is 40.2. The van der Waals surface area contributed by atoms with Crippen LogP contribution in [0.2, 0.25) is 0 Å². The van der Waals surface area contributed by atoms with Gasteiger partial charge in [-0.05, 0) is 102 Å². The molecule has 0 fully saturated rings. The van der Waals surface area contributed by atoms with Gasteiger partial charge in [-0.2, -0.15) is 0 Å². The number of hydrogen-bond donors (Lipinski definition) is 0. The van der Waals surface area contributed by atoms with E-state index in [1.807, 2.05) is 24.3 Å². The molecule has 1 aliphatic rings. The molecule has 0 radical (unpaired) electrons. The fourth-order valence-electron chi connectivity index (χ4n) is 11.4. The van der Waals surface area contributed by atoms with Crippen molar-refractivity contribution in [3.8, 4) is 89.8 Å². The molecule has 2 aromatic heterocycles. The molecule has 0 spiro atoms. The lowest BCUT2D eigenvalue weighted by Crippen LogP contribution is -2.28. The van der Waals surface area contributed by atoms with Crippen LogP contribution in [0, 0.1) is 0 Å². The Balaban J connectivity index is 0.894. The second-order valence-electron chi connectivity index (χ2n) is 19.0. The minimum Gasteiger partial charge on any atom is -0.456 e. The third-order valence-corrected chi connectivity index (χ3v) is 14.9. The Hall–Kier alpha value is -9.77. The van der Waals surface area contributed by atoms with Crippen molar-refractivity contribution in [2.45, 2.75) is 5.41 Å². The van der Waals surface area contributed by atoms with Gasteiger partial charge in [0.25, 0.3) is 0 Å². The minimum atomic E-state index is -0.479. The van der Waals surface area contributed by atoms with Crippen molar-refractivity contribution in [1.82, 2.24) is 15.0 Å². The van der Waals surface area contributed by atoms with Crippen LogP contribution in [0.5, 0.6) is 0 Å². The summed E-state index contributed by atoms with van der Waals surface area (Å²) < 4.78 is 6.64. The largest absolute Gasteiger partial charge is 0.456 e. The molecule has 0 atom stereocenters. The molecule has 0 N–H and O–H groups in total. The molecule has 1 aliphatic carbocycles. The summed E-state index contributed by atoms with van der Waals surface area (Å²) in [6.07, 6.45) is 0. The van der Waals surface area contributed by atoms with Crippen LogP contribution in [0.4, 0.5) is 0 Å². The summed E-state index contributed by atoms with van der Waals surface area (Å²) in [7, 11) is 0. The van der Waals surface area contributed by atoms with Gasteiger partial charge in [0.05, 0.1) is 5.41 Å². The molecule has 346 valence electrons. The van der Waals surface area contributed by atoms with E-state index >= 15 is 0 Å². The monoisotopic (exact) mass is 943 g/mol. The Bertz CT molecular complexity index is 4070. The van der Waals surface area contributed by atoms with Gasteiger partial charge in [0.1, 0.15) is 11.2 Å². The molecule has 0 unspecified atom stereocenters. The van der Waals surface area contributed by atoms with Crippen LogP contribution in [-0.4, -0.2) is 15.0 Å². The average molecular weight is 944 g/mol. The topological polar surface area (TPSA) is 51.8 Å². The van der Waals surface area contributed by atoms with E-state index in [4.69, 9.17) is 19.4 Å². The van der Waals surface area contributed by atoms with Crippen LogP contribution in [0.25, 0.3) is 112 Å². The van der Waals surface area contributed by atoms with Gasteiger partial charge in [0.2, 0.25) is 0 Å². The van der Waals surface area contributed by atoms with Gasteiger partial charge in [-0.15, -0.1) is 0 Å². The van der Waals surface area contributed by atoms with Gasteiger partial charge < -0.3 is 4.42 Å². The van der Waals surface area contributed by atoms with Crippen LogP contribution in [0.1, 0.15) is 22.3 Å². The molecule has 4 nitrogen and oxygen atoms in total. The zero-order chi connectivity index (χ0) is 49.0. The number of furan rings is 1. The Morgan fingerprint density at radius 1 is 0.270 bits per heavy atom. The molecule has 4 heteroatoms. The SMILES string of the molecule is c1ccc(-c2ccc(-c3nc(-c4ccc(-c5ccccc5)cc4)nc(-c4cccc5oc6ccc(-c7cccc(-c8cccc9c8-c8ccccc8C9(c8ccccc8)c8ccccc8)c7)cc6c45)n3)cc2)cc1. The number of benzene rings is 11. The van der Waals surface area contributed by atoms with E-state index in [0.717, 1.165) is 77.6 Å². The standard InChI is InChI=1S/C70H45N3O/c1-5-18-46(19-6-1)48-34-38-50(39-35-48)67-71-68(51-40-36-49(37-41-51)47-20-7-2-8-21-47)73-69(72-67)59-30-17-33-64-66(59)60-45-53(42-43-63(60)74-64)52-22-15-23-54(44-52)57-29-16-32-62-65(57)58-28-13-14-31-61(58)70(62,55-24-9-3-10-25-55)56-26-11-4-12-27-56/h1-45H. The highest BCUT2D eigenvalue weighted by atomic mass is 16.3. The molecular formula is C70H45N3O. The number of hydrogen-bond acceptors (Lipinski definition) is 4. The van der Waals surface area contributed by atoms with Crippen molar-refractivity contribution in [2.75, 3.05) is 0 Å². The number of nitrogens with zero attached hydrogens (tertiary/aromatic N) is 3. The first kappa shape index (κ1) is 43.1. The second-order valence-corrected chi connectivity index (χ2v) is 19.0. The van der Waals surface area contributed by atoms with Crippen molar-refractivity contribution in [3.05, 3.63) is 295 Å². The first-order valence-electron chi connectivity index (χ1n) is 25.2. The van der Waals surface area contributed by atoms with E-state index < -0.39 is 5.41 Å². The van der Waals surface area contributed by atoms with E-state index in [0.29, 0.717) is 17.5 Å². The van der Waals surface area contributed by atoms with Crippen LogP contribution in [0.15, 0.2) is 277 Å². The van der Waals surface area contributed by atoms with Crippen LogP contribution < -0.4 is 0 Å². The average Bonchev–Trinajstić information content (AvgIpc) is 4.02. The van der Waals surface area contributed by atoms with E-state index in [1.54, 1.807) is 0 Å². The maximum absolute atomic E-state index is 6.64. The molecule has 13 aromatic rings. The summed E-state index contributed by atoms with van der Waals surface area (Å²) in [4.78, 5) is 15.7. The molecule has 74 heavy (non-hydrogen) atoms. The van der Waals surface area contributed by atoms with Gasteiger partial charge in [-0.3, -0.25) is 0 Å². The molecule has 0 saturated carbocycles. The third kappa shape index (κ3) is 7.18. The van der Waals surface area contributed by atoms with Crippen molar-refractivity contribution < 1.29 is 4.42 Å². The highest BCUT2D eigenvalue weighted by molar-refractivity contribution is 6.13. The zero-order valence-corrected chi connectivity index (χ0v) is 40.2. The summed E-state index contributed by atoms with van der Waals surface area (Å²) in [6, 6.07) is 97.2. The molecule has 14 rings (SSSR count). The molecule has 11 aromatic carbocycles. The smallest absolute Gasteiger partial charge is 0.164 e. The summed E-state index contributed by atoms with van der Waals surface area (Å²) in [6.45, 7) is 0. The van der Waals surface area contributed by atoms with Gasteiger partial charge in [0.15, 0.2) is 17.5 Å². The van der Waals surface area contributed by atoms with Gasteiger partial charge >= 0.3 is 0 Å². The molecule has 0 saturated heterocycles. The van der Waals surface area contributed by atoms with E-state index in [9.17, 15) is 0 Å². The van der Waals surface area contributed by atoms with Gasteiger partial charge in [-0.1, -0.05) is 249 Å². The molecule has 0 aliphatic heterocycles. The Kier molecular flexibility index (Phi) is 10.4. The quantitative estimate of drug-likeness (QED) is 0.145. The lowest BCUT2D eigenvalue weighted by molar-refractivity contribution is 0.669.